The molecule has 3 rings (SSSR count). The molecule has 0 saturated carbocycles. The molecule has 0 bridgehead atoms. The molecule has 0 aromatic heterocycles. The lowest BCUT2D eigenvalue weighted by molar-refractivity contribution is -0.241. The van der Waals surface area contributed by atoms with Crippen LogP contribution in [0.15, 0.2) is 10.8 Å². The minimum atomic E-state index is -1.69. The van der Waals surface area contributed by atoms with Crippen molar-refractivity contribution in [1.29, 1.82) is 0 Å². The quantitative estimate of drug-likeness (QED) is 0.730. The zero-order valence-electron chi connectivity index (χ0n) is 13.8. The zero-order chi connectivity index (χ0) is 15.8. The fourth-order valence-corrected chi connectivity index (χ4v) is 6.02. The summed E-state index contributed by atoms with van der Waals surface area (Å²) in [7, 11) is -0.126. The molecule has 118 valence electrons. The number of hydrogen-bond acceptors (Lipinski definition) is 5. The first-order chi connectivity index (χ1) is 9.54. The van der Waals surface area contributed by atoms with Gasteiger partial charge in [-0.2, -0.15) is 0 Å². The van der Waals surface area contributed by atoms with E-state index < -0.39 is 31.9 Å². The molecule has 3 aliphatic rings. The standard InChI is InChI=1S/C15H24O5Si/c1-8-10(21(5,6)7)11(16)15(8)12-9(13(17-4)20-15)18-14(2,3)19-12/h9,12-13H,1-7H3/t9?,12?,13?,15-/m1/s1. The number of ketones is 1. The van der Waals surface area contributed by atoms with Crippen LogP contribution in [0, 0.1) is 0 Å². The molecule has 6 heteroatoms. The van der Waals surface area contributed by atoms with Crippen molar-refractivity contribution in [3.63, 3.8) is 0 Å². The topological polar surface area (TPSA) is 54.0 Å². The summed E-state index contributed by atoms with van der Waals surface area (Å²) in [6, 6.07) is 0. The van der Waals surface area contributed by atoms with Gasteiger partial charge in [0.25, 0.3) is 0 Å². The highest BCUT2D eigenvalue weighted by Crippen LogP contribution is 2.55. The van der Waals surface area contributed by atoms with Crippen molar-refractivity contribution in [1.82, 2.24) is 0 Å². The molecule has 5 nitrogen and oxygen atoms in total. The first-order valence-corrected chi connectivity index (χ1v) is 10.9. The highest BCUT2D eigenvalue weighted by Gasteiger charge is 2.72. The first-order valence-electron chi connectivity index (χ1n) is 7.37. The molecule has 1 spiro atoms. The lowest BCUT2D eigenvalue weighted by Gasteiger charge is -2.46. The maximum absolute atomic E-state index is 12.9. The van der Waals surface area contributed by atoms with E-state index in [9.17, 15) is 4.79 Å². The first kappa shape index (κ1) is 15.4. The van der Waals surface area contributed by atoms with Gasteiger partial charge in [-0.25, -0.2) is 0 Å². The van der Waals surface area contributed by atoms with E-state index in [1.807, 2.05) is 20.8 Å². The van der Waals surface area contributed by atoms with Crippen LogP contribution in [0.4, 0.5) is 0 Å². The molecule has 21 heavy (non-hydrogen) atoms. The van der Waals surface area contributed by atoms with E-state index in [1.165, 1.54) is 0 Å². The van der Waals surface area contributed by atoms with Gasteiger partial charge in [-0.1, -0.05) is 19.6 Å². The van der Waals surface area contributed by atoms with Gasteiger partial charge in [-0.05, 0) is 31.5 Å². The average Bonchev–Trinajstić information content (AvgIpc) is 2.79. The largest absolute Gasteiger partial charge is 0.353 e. The summed E-state index contributed by atoms with van der Waals surface area (Å²) in [5, 5.41) is 0.964. The minimum Gasteiger partial charge on any atom is -0.353 e. The Balaban J connectivity index is 2.04. The fraction of sp³-hybridized carbons (Fsp3) is 0.800. The molecule has 2 aliphatic heterocycles. The summed E-state index contributed by atoms with van der Waals surface area (Å²) in [5.41, 5.74) is -0.00290. The number of carbonyl (C=O) groups is 1. The van der Waals surface area contributed by atoms with Gasteiger partial charge in [0.2, 0.25) is 0 Å². The summed E-state index contributed by atoms with van der Waals surface area (Å²) in [4.78, 5) is 12.9. The molecule has 0 radical (unpaired) electrons. The predicted octanol–water partition coefficient (Wildman–Crippen LogP) is 2.02. The average molecular weight is 312 g/mol. The molecule has 1 aliphatic carbocycles. The van der Waals surface area contributed by atoms with Crippen molar-refractivity contribution in [2.75, 3.05) is 7.11 Å². The monoisotopic (exact) mass is 312 g/mol. The number of methoxy groups -OCH3 is 1. The third-order valence-electron chi connectivity index (χ3n) is 4.58. The van der Waals surface area contributed by atoms with Gasteiger partial charge in [-0.3, -0.25) is 4.79 Å². The number of ether oxygens (including phenoxy) is 4. The van der Waals surface area contributed by atoms with Crippen molar-refractivity contribution in [3.8, 4) is 0 Å². The van der Waals surface area contributed by atoms with Crippen molar-refractivity contribution in [2.45, 2.75) is 70.3 Å². The number of fused-ring (bicyclic) bond motifs is 2. The summed E-state index contributed by atoms with van der Waals surface area (Å²) in [6.45, 7) is 12.2. The highest BCUT2D eigenvalue weighted by atomic mass is 28.3. The molecule has 4 atom stereocenters. The van der Waals surface area contributed by atoms with Crippen LogP contribution in [0.5, 0.6) is 0 Å². The van der Waals surface area contributed by atoms with Gasteiger partial charge < -0.3 is 18.9 Å². The lowest BCUT2D eigenvalue weighted by Crippen LogP contribution is -2.62. The van der Waals surface area contributed by atoms with E-state index in [-0.39, 0.29) is 11.9 Å². The Hall–Kier alpha value is -0.533. The molecular weight excluding hydrogens is 288 g/mol. The second-order valence-corrected chi connectivity index (χ2v) is 12.6. The van der Waals surface area contributed by atoms with Gasteiger partial charge in [0, 0.05) is 7.11 Å². The van der Waals surface area contributed by atoms with Crippen LogP contribution in [0.3, 0.4) is 0 Å². The molecule has 0 amide bonds. The summed E-state index contributed by atoms with van der Waals surface area (Å²) >= 11 is 0. The van der Waals surface area contributed by atoms with Crippen LogP contribution >= 0.6 is 0 Å². The van der Waals surface area contributed by atoms with Gasteiger partial charge >= 0.3 is 0 Å². The Kier molecular flexibility index (Phi) is 3.12. The van der Waals surface area contributed by atoms with E-state index in [4.69, 9.17) is 18.9 Å². The van der Waals surface area contributed by atoms with Gasteiger partial charge in [0.15, 0.2) is 23.5 Å². The van der Waals surface area contributed by atoms with Crippen LogP contribution in [0.2, 0.25) is 19.6 Å². The van der Waals surface area contributed by atoms with E-state index >= 15 is 0 Å². The third-order valence-corrected chi connectivity index (χ3v) is 6.68. The Morgan fingerprint density at radius 3 is 2.24 bits per heavy atom. The SMILES string of the molecule is COC1O[C@]2(C(=O)C([Si](C)(C)C)=C2C)C2OC(C)(C)OC12. The van der Waals surface area contributed by atoms with Crippen LogP contribution in [-0.2, 0) is 23.7 Å². The van der Waals surface area contributed by atoms with Crippen molar-refractivity contribution in [3.05, 3.63) is 10.8 Å². The number of rotatable bonds is 2. The molecule has 3 unspecified atom stereocenters. The smallest absolute Gasteiger partial charge is 0.193 e. The molecule has 0 N–H and O–H groups in total. The molecular formula is C15H24O5Si. The third kappa shape index (κ3) is 1.86. The Labute approximate surface area is 126 Å². The second-order valence-electron chi connectivity index (χ2n) is 7.56. The van der Waals surface area contributed by atoms with Gasteiger partial charge in [0.1, 0.15) is 12.2 Å². The van der Waals surface area contributed by atoms with Crippen molar-refractivity contribution in [2.24, 2.45) is 0 Å². The maximum Gasteiger partial charge on any atom is 0.193 e. The van der Waals surface area contributed by atoms with E-state index in [0.717, 1.165) is 10.8 Å². The van der Waals surface area contributed by atoms with Gasteiger partial charge in [0.05, 0.1) is 8.07 Å². The zero-order valence-corrected chi connectivity index (χ0v) is 14.8. The minimum absolute atomic E-state index is 0.0648. The van der Waals surface area contributed by atoms with Crippen LogP contribution in [-0.4, -0.2) is 50.9 Å². The van der Waals surface area contributed by atoms with Crippen LogP contribution in [0.1, 0.15) is 20.8 Å². The fourth-order valence-electron chi connectivity index (χ4n) is 3.84. The Bertz CT molecular complexity index is 533. The molecule has 2 saturated heterocycles. The van der Waals surface area contributed by atoms with E-state index in [1.54, 1.807) is 7.11 Å². The summed E-state index contributed by atoms with van der Waals surface area (Å²) in [5.74, 6) is -0.659. The molecule has 2 heterocycles. The number of carbonyl (C=O) groups excluding carboxylic acids is 1. The van der Waals surface area contributed by atoms with Crippen LogP contribution < -0.4 is 0 Å². The van der Waals surface area contributed by atoms with Crippen LogP contribution in [0.25, 0.3) is 0 Å². The Morgan fingerprint density at radius 1 is 1.14 bits per heavy atom. The second kappa shape index (κ2) is 4.26. The highest BCUT2D eigenvalue weighted by molar-refractivity contribution is 6.88. The van der Waals surface area contributed by atoms with Crippen molar-refractivity contribution < 1.29 is 23.7 Å². The Morgan fingerprint density at radius 2 is 1.76 bits per heavy atom. The number of Topliss-reactive ketones (excluding diaryl/α,β-unsaturated/α-hetero) is 1. The van der Waals surface area contributed by atoms with Crippen molar-refractivity contribution >= 4 is 13.9 Å². The molecule has 2 fully saturated rings. The summed E-state index contributed by atoms with van der Waals surface area (Å²) < 4.78 is 23.3. The normalized spacial score (nSPS) is 41.7. The predicted molar refractivity (Wildman–Crippen MR) is 79.5 cm³/mol. The lowest BCUT2D eigenvalue weighted by atomic mass is 9.74. The molecule has 0 aromatic rings. The van der Waals surface area contributed by atoms with Gasteiger partial charge in [-0.15, -0.1) is 0 Å². The molecule has 0 aromatic carbocycles. The maximum atomic E-state index is 12.9. The van der Waals surface area contributed by atoms with E-state index in [2.05, 4.69) is 19.6 Å². The van der Waals surface area contributed by atoms with E-state index in [0.29, 0.717) is 0 Å². The number of hydrogen-bond donors (Lipinski definition) is 0. The summed E-state index contributed by atoms with van der Waals surface area (Å²) in [6.07, 6.45) is -1.36.